The van der Waals surface area contributed by atoms with Crippen LogP contribution in [0.15, 0.2) is 87.8 Å². The molecular formula is C24H19BBrF4NO3. The molecule has 34 heavy (non-hydrogen) atoms. The Morgan fingerprint density at radius 3 is 2.24 bits per heavy atom. The zero-order valence-corrected chi connectivity index (χ0v) is 19.5. The molecule has 0 amide bonds. The molecule has 4 nitrogen and oxygen atoms in total. The summed E-state index contributed by atoms with van der Waals surface area (Å²) in [5.41, 5.74) is 3.17. The number of rotatable bonds is 4. The third kappa shape index (κ3) is 7.31. The van der Waals surface area contributed by atoms with Crippen molar-refractivity contribution in [3.63, 3.8) is 0 Å². The van der Waals surface area contributed by atoms with Gasteiger partial charge in [-0.3, -0.25) is 0 Å². The highest BCUT2D eigenvalue weighted by Crippen LogP contribution is 2.23. The van der Waals surface area contributed by atoms with Crippen molar-refractivity contribution in [1.29, 1.82) is 0 Å². The van der Waals surface area contributed by atoms with Gasteiger partial charge in [-0.15, -0.1) is 0 Å². The van der Waals surface area contributed by atoms with Gasteiger partial charge in [-0.05, 0) is 37.3 Å². The van der Waals surface area contributed by atoms with E-state index in [0.29, 0.717) is 12.2 Å². The van der Waals surface area contributed by atoms with Crippen LogP contribution in [-0.4, -0.2) is 19.8 Å². The SMILES string of the molecule is CCOC(=O)c1ccc([NH+]=c2cc(-c3ccccc3)oc3ccc(Br)cc23)cc1.F[B-](F)(F)F. The van der Waals surface area contributed by atoms with Gasteiger partial charge in [0, 0.05) is 22.2 Å². The van der Waals surface area contributed by atoms with Crippen molar-refractivity contribution in [2.75, 3.05) is 6.61 Å². The number of esters is 1. The maximum absolute atomic E-state index is 11.9. The molecular weight excluding hydrogens is 517 g/mol. The standard InChI is InChI=1S/C24H18BrNO3.BF4/c1-2-28-24(27)17-8-11-19(12-9-17)26-21-15-23(16-6-4-3-5-7-16)29-22-13-10-18(25)14-20(21)22;2-1(3,4)5/h3-15H,2H2,1H3;/q;-1/p+1. The van der Waals surface area contributed by atoms with Crippen LogP contribution in [0.25, 0.3) is 22.3 Å². The lowest BCUT2D eigenvalue weighted by atomic mass is 10.1. The molecule has 4 rings (SSSR count). The van der Waals surface area contributed by atoms with Gasteiger partial charge < -0.3 is 26.4 Å². The molecule has 0 saturated carbocycles. The summed E-state index contributed by atoms with van der Waals surface area (Å²) in [4.78, 5) is 15.3. The second-order valence-corrected chi connectivity index (χ2v) is 7.86. The lowest BCUT2D eigenvalue weighted by Crippen LogP contribution is -2.70. The van der Waals surface area contributed by atoms with Crippen LogP contribution in [0.4, 0.5) is 23.0 Å². The van der Waals surface area contributed by atoms with Crippen LogP contribution in [0.3, 0.4) is 0 Å². The van der Waals surface area contributed by atoms with Gasteiger partial charge >= 0.3 is 13.2 Å². The molecule has 0 aliphatic carbocycles. The minimum absolute atomic E-state index is 0.321. The Balaban J connectivity index is 0.000000588. The first-order chi connectivity index (χ1) is 16.1. The predicted molar refractivity (Wildman–Crippen MR) is 126 cm³/mol. The molecule has 3 aromatic carbocycles. The zero-order chi connectivity index (χ0) is 24.7. The molecule has 0 atom stereocenters. The highest BCUT2D eigenvalue weighted by atomic mass is 79.9. The monoisotopic (exact) mass is 535 g/mol. The quantitative estimate of drug-likeness (QED) is 0.209. The predicted octanol–water partition coefficient (Wildman–Crippen LogP) is 5.65. The minimum atomic E-state index is -6.00. The Kier molecular flexibility index (Phi) is 8.28. The second-order valence-electron chi connectivity index (χ2n) is 6.95. The average Bonchev–Trinajstić information content (AvgIpc) is 2.79. The van der Waals surface area contributed by atoms with Crippen molar-refractivity contribution < 1.29 is 36.2 Å². The molecule has 1 aromatic heterocycles. The Hall–Kier alpha value is -3.40. The first kappa shape index (κ1) is 25.2. The van der Waals surface area contributed by atoms with Gasteiger partial charge in [-0.2, -0.15) is 0 Å². The molecule has 0 fully saturated rings. The van der Waals surface area contributed by atoms with Crippen molar-refractivity contribution in [3.8, 4) is 11.3 Å². The van der Waals surface area contributed by atoms with Gasteiger partial charge in [0.25, 0.3) is 0 Å². The molecule has 0 radical (unpaired) electrons. The third-order valence-electron chi connectivity index (χ3n) is 4.46. The lowest BCUT2D eigenvalue weighted by Gasteiger charge is -2.03. The number of fused-ring (bicyclic) bond motifs is 1. The fourth-order valence-electron chi connectivity index (χ4n) is 3.07. The van der Waals surface area contributed by atoms with Gasteiger partial charge in [-0.25, -0.2) is 9.79 Å². The number of ether oxygens (including phenoxy) is 1. The van der Waals surface area contributed by atoms with Crippen LogP contribution in [0.2, 0.25) is 0 Å². The summed E-state index contributed by atoms with van der Waals surface area (Å²) in [6.45, 7) is 2.15. The summed E-state index contributed by atoms with van der Waals surface area (Å²) >= 11 is 3.53. The minimum Gasteiger partial charge on any atom is -0.462 e. The first-order valence-electron chi connectivity index (χ1n) is 10.2. The van der Waals surface area contributed by atoms with E-state index in [-0.39, 0.29) is 5.97 Å². The number of carbonyl (C=O) groups is 1. The van der Waals surface area contributed by atoms with Crippen LogP contribution in [0, 0.1) is 0 Å². The summed E-state index contributed by atoms with van der Waals surface area (Å²) in [5.74, 6) is 0.448. The topological polar surface area (TPSA) is 53.4 Å². The molecule has 10 heteroatoms. The van der Waals surface area contributed by atoms with E-state index < -0.39 is 7.25 Å². The molecule has 0 unspecified atom stereocenters. The maximum atomic E-state index is 11.9. The van der Waals surface area contributed by atoms with Crippen LogP contribution in [0.1, 0.15) is 17.3 Å². The zero-order valence-electron chi connectivity index (χ0n) is 17.9. The number of carbonyl (C=O) groups excluding carboxylic acids is 1. The molecule has 0 spiro atoms. The van der Waals surface area contributed by atoms with Gasteiger partial charge in [0.1, 0.15) is 11.3 Å². The van der Waals surface area contributed by atoms with Gasteiger partial charge in [0.2, 0.25) is 11.0 Å². The van der Waals surface area contributed by atoms with E-state index in [0.717, 1.165) is 37.8 Å². The average molecular weight is 536 g/mol. The smallest absolute Gasteiger partial charge is 0.462 e. The Morgan fingerprint density at radius 1 is 0.971 bits per heavy atom. The number of nitrogens with one attached hydrogen (secondary N) is 1. The van der Waals surface area contributed by atoms with E-state index in [4.69, 9.17) is 9.15 Å². The Bertz CT molecular complexity index is 1330. The summed E-state index contributed by atoms with van der Waals surface area (Å²) in [6.07, 6.45) is 0. The molecule has 0 saturated heterocycles. The highest BCUT2D eigenvalue weighted by molar-refractivity contribution is 9.10. The van der Waals surface area contributed by atoms with Gasteiger partial charge in [-0.1, -0.05) is 46.3 Å². The van der Waals surface area contributed by atoms with Crippen LogP contribution >= 0.6 is 15.9 Å². The van der Waals surface area contributed by atoms with Gasteiger partial charge in [0.05, 0.1) is 23.6 Å². The molecule has 1 heterocycles. The van der Waals surface area contributed by atoms with E-state index in [1.54, 1.807) is 19.1 Å². The summed E-state index contributed by atoms with van der Waals surface area (Å²) in [5, 5.41) is 1.86. The largest absolute Gasteiger partial charge is 0.673 e. The lowest BCUT2D eigenvalue weighted by molar-refractivity contribution is -0.400. The summed E-state index contributed by atoms with van der Waals surface area (Å²) in [7, 11) is -6.00. The van der Waals surface area contributed by atoms with E-state index in [2.05, 4.69) is 20.9 Å². The summed E-state index contributed by atoms with van der Waals surface area (Å²) < 4.78 is 51.1. The fourth-order valence-corrected chi connectivity index (χ4v) is 3.43. The van der Waals surface area contributed by atoms with E-state index in [1.165, 1.54) is 0 Å². The van der Waals surface area contributed by atoms with Crippen LogP contribution in [0.5, 0.6) is 0 Å². The van der Waals surface area contributed by atoms with E-state index >= 15 is 0 Å². The molecule has 0 aliphatic rings. The van der Waals surface area contributed by atoms with E-state index in [1.807, 2.05) is 66.7 Å². The van der Waals surface area contributed by atoms with Crippen molar-refractivity contribution in [2.24, 2.45) is 0 Å². The Morgan fingerprint density at radius 2 is 1.62 bits per heavy atom. The molecule has 1 N–H and O–H groups in total. The maximum Gasteiger partial charge on any atom is 0.673 e. The highest BCUT2D eigenvalue weighted by Gasteiger charge is 2.20. The van der Waals surface area contributed by atoms with Gasteiger partial charge in [0.15, 0.2) is 0 Å². The van der Waals surface area contributed by atoms with Crippen LogP contribution < -0.4 is 10.3 Å². The molecule has 0 aliphatic heterocycles. The van der Waals surface area contributed by atoms with Crippen molar-refractivity contribution >= 4 is 45.8 Å². The van der Waals surface area contributed by atoms with Crippen molar-refractivity contribution in [1.82, 2.24) is 0 Å². The normalized spacial score (nSPS) is 11.6. The third-order valence-corrected chi connectivity index (χ3v) is 4.95. The molecule has 176 valence electrons. The fraction of sp³-hybridized carbons (Fsp3) is 0.0833. The van der Waals surface area contributed by atoms with Crippen molar-refractivity contribution in [3.05, 3.63) is 94.3 Å². The van der Waals surface area contributed by atoms with Crippen molar-refractivity contribution in [2.45, 2.75) is 6.92 Å². The Labute approximate surface area is 201 Å². The number of benzene rings is 3. The number of halogens is 5. The van der Waals surface area contributed by atoms with Crippen LogP contribution in [-0.2, 0) is 4.74 Å². The van der Waals surface area contributed by atoms with E-state index in [9.17, 15) is 22.1 Å². The molecule has 4 aromatic rings. The second kappa shape index (κ2) is 11.2. The number of hydrogen-bond donors (Lipinski definition) is 1. The molecule has 0 bridgehead atoms. The summed E-state index contributed by atoms with van der Waals surface area (Å²) in [6, 6.07) is 25.1. The first-order valence-corrected chi connectivity index (χ1v) is 11.0. The number of hydrogen-bond acceptors (Lipinski definition) is 3.